The van der Waals surface area contributed by atoms with Gasteiger partial charge in [0.25, 0.3) is 5.91 Å². The fraction of sp³-hybridized carbons (Fsp3) is 0.381. The summed E-state index contributed by atoms with van der Waals surface area (Å²) in [6, 6.07) is 11.6. The molecule has 0 atom stereocenters. The second kappa shape index (κ2) is 9.90. The Morgan fingerprint density at radius 3 is 1.87 bits per heavy atom. The van der Waals surface area contributed by atoms with E-state index in [-0.39, 0.29) is 34.3 Å². The van der Waals surface area contributed by atoms with Crippen molar-refractivity contribution in [3.63, 3.8) is 0 Å². The molecule has 0 spiro atoms. The molecule has 0 saturated carbocycles. The monoisotopic (exact) mass is 467 g/mol. The number of nitrogens with zero attached hydrogens (tertiary/aromatic N) is 1. The minimum absolute atomic E-state index is 0.0842. The van der Waals surface area contributed by atoms with Gasteiger partial charge in [-0.1, -0.05) is 12.1 Å². The maximum atomic E-state index is 12.5. The zero-order valence-corrected chi connectivity index (χ0v) is 19.9. The molecule has 0 fully saturated rings. The Morgan fingerprint density at radius 2 is 1.39 bits per heavy atom. The minimum atomic E-state index is -3.62. The molecule has 0 radical (unpaired) electrons. The molecule has 2 N–H and O–H groups in total. The van der Waals surface area contributed by atoms with Crippen molar-refractivity contribution >= 4 is 26.0 Å². The first kappa shape index (κ1) is 25.0. The highest BCUT2D eigenvalue weighted by molar-refractivity contribution is 7.89. The third-order valence-electron chi connectivity index (χ3n) is 4.60. The highest BCUT2D eigenvalue weighted by Crippen LogP contribution is 2.17. The first-order valence-corrected chi connectivity index (χ1v) is 12.7. The molecule has 2 aromatic rings. The normalized spacial score (nSPS) is 12.5. The maximum absolute atomic E-state index is 12.5. The van der Waals surface area contributed by atoms with Crippen molar-refractivity contribution < 1.29 is 21.6 Å². The largest absolute Gasteiger partial charge is 0.348 e. The van der Waals surface area contributed by atoms with E-state index >= 15 is 0 Å². The fourth-order valence-electron chi connectivity index (χ4n) is 2.67. The van der Waals surface area contributed by atoms with Gasteiger partial charge in [0.2, 0.25) is 20.0 Å². The van der Waals surface area contributed by atoms with Gasteiger partial charge in [-0.15, -0.1) is 0 Å². The van der Waals surface area contributed by atoms with Crippen molar-refractivity contribution in [1.29, 1.82) is 0 Å². The Balaban J connectivity index is 2.03. The number of benzene rings is 2. The molecule has 2 rings (SSSR count). The molecule has 1 amide bonds. The Bertz CT molecular complexity index is 1110. The lowest BCUT2D eigenvalue weighted by molar-refractivity contribution is 0.0950. The number of hydrogen-bond acceptors (Lipinski definition) is 5. The SMILES string of the molecule is CC(C)NS(=O)(=O)c1ccc(C(=O)NCc2ccc(S(=O)(=O)N(C)C(C)C)cc2)cc1. The summed E-state index contributed by atoms with van der Waals surface area (Å²) in [7, 11) is -5.65. The van der Waals surface area contributed by atoms with Crippen LogP contribution in [0.4, 0.5) is 0 Å². The van der Waals surface area contributed by atoms with E-state index < -0.39 is 20.0 Å². The third kappa shape index (κ3) is 6.36. The summed E-state index contributed by atoms with van der Waals surface area (Å²) in [4.78, 5) is 12.6. The highest BCUT2D eigenvalue weighted by Gasteiger charge is 2.22. The smallest absolute Gasteiger partial charge is 0.251 e. The topological polar surface area (TPSA) is 113 Å². The zero-order chi connectivity index (χ0) is 23.4. The molecule has 0 aliphatic carbocycles. The average molecular weight is 468 g/mol. The van der Waals surface area contributed by atoms with Crippen LogP contribution in [0.2, 0.25) is 0 Å². The molecule has 8 nitrogen and oxygen atoms in total. The first-order chi connectivity index (χ1) is 14.3. The number of carbonyl (C=O) groups is 1. The van der Waals surface area contributed by atoms with E-state index in [9.17, 15) is 21.6 Å². The second-order valence-electron chi connectivity index (χ2n) is 7.74. The van der Waals surface area contributed by atoms with Gasteiger partial charge in [-0.25, -0.2) is 21.6 Å². The predicted octanol–water partition coefficient (Wildman–Crippen LogP) is 2.33. The summed E-state index contributed by atoms with van der Waals surface area (Å²) < 4.78 is 53.1. The van der Waals surface area contributed by atoms with E-state index in [1.165, 1.54) is 47.8 Å². The summed E-state index contributed by atoms with van der Waals surface area (Å²) >= 11 is 0. The number of amides is 1. The standard InChI is InChI=1S/C21H29N3O5S2/c1-15(2)23-30(26,27)19-12-8-18(9-13-19)21(25)22-14-17-6-10-20(11-7-17)31(28,29)24(5)16(3)4/h6-13,15-16,23H,14H2,1-5H3,(H,22,25). The zero-order valence-electron chi connectivity index (χ0n) is 18.3. The Kier molecular flexibility index (Phi) is 7.98. The number of rotatable bonds is 9. The number of nitrogens with one attached hydrogen (secondary N) is 2. The molecule has 0 saturated heterocycles. The van der Waals surface area contributed by atoms with Crippen molar-refractivity contribution in [2.45, 2.75) is 56.1 Å². The van der Waals surface area contributed by atoms with E-state index in [4.69, 9.17) is 0 Å². The fourth-order valence-corrected chi connectivity index (χ4v) is 5.29. The first-order valence-electron chi connectivity index (χ1n) is 9.82. The van der Waals surface area contributed by atoms with Crippen molar-refractivity contribution in [2.24, 2.45) is 0 Å². The van der Waals surface area contributed by atoms with Gasteiger partial charge in [-0.2, -0.15) is 4.31 Å². The quantitative estimate of drug-likeness (QED) is 0.588. The summed E-state index contributed by atoms with van der Waals surface area (Å²) in [6.07, 6.45) is 0. The maximum Gasteiger partial charge on any atom is 0.251 e. The van der Waals surface area contributed by atoms with Crippen molar-refractivity contribution in [1.82, 2.24) is 14.3 Å². The molecule has 0 aliphatic rings. The van der Waals surface area contributed by atoms with E-state index in [2.05, 4.69) is 10.0 Å². The van der Waals surface area contributed by atoms with Gasteiger partial charge in [-0.05, 0) is 69.7 Å². The van der Waals surface area contributed by atoms with Gasteiger partial charge in [0.1, 0.15) is 0 Å². The van der Waals surface area contributed by atoms with Crippen LogP contribution in [0.25, 0.3) is 0 Å². The van der Waals surface area contributed by atoms with Crippen LogP contribution in [-0.4, -0.2) is 46.2 Å². The predicted molar refractivity (Wildman–Crippen MR) is 120 cm³/mol. The van der Waals surface area contributed by atoms with Crippen LogP contribution in [-0.2, 0) is 26.6 Å². The van der Waals surface area contributed by atoms with Gasteiger partial charge >= 0.3 is 0 Å². The highest BCUT2D eigenvalue weighted by atomic mass is 32.2. The Labute approximate surface area is 184 Å². The molecule has 170 valence electrons. The number of carbonyl (C=O) groups excluding carboxylic acids is 1. The van der Waals surface area contributed by atoms with Gasteiger partial charge < -0.3 is 5.32 Å². The molecule has 0 aliphatic heterocycles. The Hall–Kier alpha value is -2.27. The third-order valence-corrected chi connectivity index (χ3v) is 8.32. The molecular formula is C21H29N3O5S2. The molecule has 0 bridgehead atoms. The lowest BCUT2D eigenvalue weighted by Crippen LogP contribution is -2.33. The molecule has 2 aromatic carbocycles. The second-order valence-corrected chi connectivity index (χ2v) is 11.5. The lowest BCUT2D eigenvalue weighted by atomic mass is 10.2. The van der Waals surface area contributed by atoms with Crippen molar-refractivity contribution in [2.75, 3.05) is 7.05 Å². The average Bonchev–Trinajstić information content (AvgIpc) is 2.70. The summed E-state index contributed by atoms with van der Waals surface area (Å²) in [5.41, 5.74) is 1.06. The molecular weight excluding hydrogens is 438 g/mol. The van der Waals surface area contributed by atoms with E-state index in [1.54, 1.807) is 39.8 Å². The van der Waals surface area contributed by atoms with Gasteiger partial charge in [0.05, 0.1) is 9.79 Å². The molecule has 0 aromatic heterocycles. The van der Waals surface area contributed by atoms with Crippen LogP contribution in [0, 0.1) is 0 Å². The van der Waals surface area contributed by atoms with Crippen molar-refractivity contribution in [3.8, 4) is 0 Å². The molecule has 31 heavy (non-hydrogen) atoms. The van der Waals surface area contributed by atoms with Crippen LogP contribution in [0.5, 0.6) is 0 Å². The van der Waals surface area contributed by atoms with E-state index in [0.717, 1.165) is 5.56 Å². The number of sulfonamides is 2. The van der Waals surface area contributed by atoms with Crippen LogP contribution >= 0.6 is 0 Å². The molecule has 10 heteroatoms. The molecule has 0 unspecified atom stereocenters. The lowest BCUT2D eigenvalue weighted by Gasteiger charge is -2.21. The van der Waals surface area contributed by atoms with Crippen molar-refractivity contribution in [3.05, 3.63) is 59.7 Å². The van der Waals surface area contributed by atoms with Gasteiger partial charge in [0, 0.05) is 31.2 Å². The number of hydrogen-bond donors (Lipinski definition) is 2. The Morgan fingerprint density at radius 1 is 0.871 bits per heavy atom. The van der Waals surface area contributed by atoms with Crippen LogP contribution in [0.3, 0.4) is 0 Å². The van der Waals surface area contributed by atoms with Crippen LogP contribution in [0.1, 0.15) is 43.6 Å². The minimum Gasteiger partial charge on any atom is -0.348 e. The van der Waals surface area contributed by atoms with E-state index in [0.29, 0.717) is 5.56 Å². The van der Waals surface area contributed by atoms with Gasteiger partial charge in [0.15, 0.2) is 0 Å². The van der Waals surface area contributed by atoms with E-state index in [1.807, 2.05) is 0 Å². The summed E-state index contributed by atoms with van der Waals surface area (Å²) in [5.74, 6) is -0.364. The summed E-state index contributed by atoms with van der Waals surface area (Å²) in [5, 5.41) is 2.74. The molecule has 0 heterocycles. The van der Waals surface area contributed by atoms with Crippen LogP contribution < -0.4 is 10.0 Å². The van der Waals surface area contributed by atoms with Gasteiger partial charge in [-0.3, -0.25) is 4.79 Å². The van der Waals surface area contributed by atoms with Crippen LogP contribution in [0.15, 0.2) is 58.3 Å². The summed E-state index contributed by atoms with van der Waals surface area (Å²) in [6.45, 7) is 7.25.